The van der Waals surface area contributed by atoms with Gasteiger partial charge in [0, 0.05) is 50.4 Å². The third kappa shape index (κ3) is 4.39. The van der Waals surface area contributed by atoms with Gasteiger partial charge in [0.25, 0.3) is 5.91 Å². The summed E-state index contributed by atoms with van der Waals surface area (Å²) in [6.07, 6.45) is 2.19. The van der Waals surface area contributed by atoms with Crippen LogP contribution in [0.5, 0.6) is 0 Å². The fourth-order valence-electron chi connectivity index (χ4n) is 3.42. The number of benzene rings is 1. The minimum absolute atomic E-state index is 0.131. The van der Waals surface area contributed by atoms with Gasteiger partial charge < -0.3 is 19.9 Å². The quantitative estimate of drug-likeness (QED) is 0.850. The van der Waals surface area contributed by atoms with Crippen molar-refractivity contribution < 1.29 is 13.9 Å². The first-order valence-corrected chi connectivity index (χ1v) is 10.2. The maximum atomic E-state index is 13.1. The number of carbonyl (C=O) groups excluding carboxylic acids is 1. The molecule has 0 unspecified atom stereocenters. The molecule has 8 heteroatoms. The van der Waals surface area contributed by atoms with Crippen LogP contribution in [0.15, 0.2) is 29.6 Å². The van der Waals surface area contributed by atoms with Crippen LogP contribution in [0.1, 0.15) is 23.3 Å². The maximum Gasteiger partial charge on any atom is 0.270 e. The molecule has 0 radical (unpaired) electrons. The van der Waals surface area contributed by atoms with Crippen LogP contribution in [-0.4, -0.2) is 56.3 Å². The first kappa shape index (κ1) is 18.2. The van der Waals surface area contributed by atoms with Crippen molar-refractivity contribution in [3.63, 3.8) is 0 Å². The molecule has 1 amide bonds. The average molecular weight is 390 g/mol. The molecule has 2 aromatic rings. The second-order valence-corrected chi connectivity index (χ2v) is 7.65. The Labute approximate surface area is 161 Å². The summed E-state index contributed by atoms with van der Waals surface area (Å²) in [6.45, 7) is 4.65. The smallest absolute Gasteiger partial charge is 0.270 e. The number of nitrogens with zero attached hydrogens (tertiary/aromatic N) is 3. The first-order valence-electron chi connectivity index (χ1n) is 9.30. The number of hydrogen-bond donors (Lipinski definition) is 1. The number of rotatable bonds is 5. The number of aromatic nitrogens is 1. The van der Waals surface area contributed by atoms with Gasteiger partial charge in [-0.25, -0.2) is 9.37 Å². The molecule has 1 N–H and O–H groups in total. The molecular weight excluding hydrogens is 367 g/mol. The number of thiazole rings is 1. The zero-order chi connectivity index (χ0) is 18.6. The molecule has 0 spiro atoms. The van der Waals surface area contributed by atoms with Crippen LogP contribution in [0, 0.1) is 5.82 Å². The largest absolute Gasteiger partial charge is 0.376 e. The molecule has 144 valence electrons. The van der Waals surface area contributed by atoms with Crippen molar-refractivity contribution in [2.45, 2.75) is 18.9 Å². The third-order valence-corrected chi connectivity index (χ3v) is 5.88. The van der Waals surface area contributed by atoms with Gasteiger partial charge in [-0.3, -0.25) is 4.79 Å². The van der Waals surface area contributed by atoms with E-state index in [9.17, 15) is 9.18 Å². The number of halogens is 1. The van der Waals surface area contributed by atoms with E-state index in [4.69, 9.17) is 4.74 Å². The molecule has 0 bridgehead atoms. The number of ether oxygens (including phenoxy) is 1. The van der Waals surface area contributed by atoms with Crippen LogP contribution in [0.2, 0.25) is 0 Å². The predicted molar refractivity (Wildman–Crippen MR) is 104 cm³/mol. The molecule has 2 aliphatic rings. The molecule has 0 aliphatic carbocycles. The van der Waals surface area contributed by atoms with Crippen LogP contribution >= 0.6 is 11.3 Å². The van der Waals surface area contributed by atoms with E-state index < -0.39 is 0 Å². The van der Waals surface area contributed by atoms with E-state index in [0.29, 0.717) is 12.2 Å². The zero-order valence-corrected chi connectivity index (χ0v) is 15.9. The van der Waals surface area contributed by atoms with Crippen LogP contribution in [0.3, 0.4) is 0 Å². The molecule has 1 atom stereocenters. The number of anilines is 2. The van der Waals surface area contributed by atoms with Crippen LogP contribution < -0.4 is 15.1 Å². The second kappa shape index (κ2) is 8.22. The Balaban J connectivity index is 1.30. The molecule has 2 fully saturated rings. The highest BCUT2D eigenvalue weighted by atomic mass is 32.1. The molecule has 27 heavy (non-hydrogen) atoms. The molecule has 0 saturated carbocycles. The number of hydrogen-bond acceptors (Lipinski definition) is 6. The summed E-state index contributed by atoms with van der Waals surface area (Å²) in [5, 5.41) is 5.60. The molecule has 3 heterocycles. The van der Waals surface area contributed by atoms with Crippen molar-refractivity contribution in [3.8, 4) is 0 Å². The molecule has 2 saturated heterocycles. The van der Waals surface area contributed by atoms with Gasteiger partial charge in [-0.15, -0.1) is 11.3 Å². The van der Waals surface area contributed by atoms with E-state index in [-0.39, 0.29) is 17.8 Å². The van der Waals surface area contributed by atoms with E-state index in [1.54, 1.807) is 0 Å². The average Bonchev–Trinajstić information content (AvgIpc) is 3.39. The monoisotopic (exact) mass is 390 g/mol. The van der Waals surface area contributed by atoms with E-state index in [2.05, 4.69) is 20.1 Å². The number of amides is 1. The van der Waals surface area contributed by atoms with Gasteiger partial charge in [-0.05, 0) is 37.1 Å². The van der Waals surface area contributed by atoms with E-state index in [1.165, 1.54) is 23.5 Å². The van der Waals surface area contributed by atoms with Crippen molar-refractivity contribution in [3.05, 3.63) is 41.2 Å². The van der Waals surface area contributed by atoms with Crippen molar-refractivity contribution in [1.82, 2.24) is 10.3 Å². The van der Waals surface area contributed by atoms with E-state index in [0.717, 1.165) is 56.4 Å². The number of piperazine rings is 1. The lowest BCUT2D eigenvalue weighted by atomic mass is 10.2. The van der Waals surface area contributed by atoms with Crippen molar-refractivity contribution in [1.29, 1.82) is 0 Å². The summed E-state index contributed by atoms with van der Waals surface area (Å²) >= 11 is 1.50. The van der Waals surface area contributed by atoms with Gasteiger partial charge in [0.2, 0.25) is 0 Å². The van der Waals surface area contributed by atoms with Gasteiger partial charge in [0.05, 0.1) is 6.10 Å². The topological polar surface area (TPSA) is 57.7 Å². The fourth-order valence-corrected chi connectivity index (χ4v) is 4.28. The highest BCUT2D eigenvalue weighted by molar-refractivity contribution is 7.13. The lowest BCUT2D eigenvalue weighted by Crippen LogP contribution is -2.46. The molecule has 4 rings (SSSR count). The van der Waals surface area contributed by atoms with E-state index in [1.807, 2.05) is 17.5 Å². The van der Waals surface area contributed by atoms with Crippen LogP contribution in [0.4, 0.5) is 15.2 Å². The molecule has 6 nitrogen and oxygen atoms in total. The summed E-state index contributed by atoms with van der Waals surface area (Å²) in [7, 11) is 0. The highest BCUT2D eigenvalue weighted by Crippen LogP contribution is 2.24. The second-order valence-electron chi connectivity index (χ2n) is 6.81. The SMILES string of the molecule is O=C(NC[C@@H]1CCCO1)c1csc(N2CCN(c3ccc(F)cc3)CC2)n1. The van der Waals surface area contributed by atoms with Gasteiger partial charge in [0.15, 0.2) is 5.13 Å². The summed E-state index contributed by atoms with van der Waals surface area (Å²) in [6, 6.07) is 6.60. The van der Waals surface area contributed by atoms with Crippen LogP contribution in [0.25, 0.3) is 0 Å². The van der Waals surface area contributed by atoms with Gasteiger partial charge >= 0.3 is 0 Å². The van der Waals surface area contributed by atoms with Crippen molar-refractivity contribution >= 4 is 28.1 Å². The van der Waals surface area contributed by atoms with Gasteiger partial charge in [0.1, 0.15) is 11.5 Å². The third-order valence-electron chi connectivity index (χ3n) is 4.98. The molecule has 1 aromatic heterocycles. The van der Waals surface area contributed by atoms with E-state index >= 15 is 0 Å². The lowest BCUT2D eigenvalue weighted by Gasteiger charge is -2.36. The van der Waals surface area contributed by atoms with Crippen molar-refractivity contribution in [2.75, 3.05) is 49.1 Å². The van der Waals surface area contributed by atoms with Gasteiger partial charge in [-0.1, -0.05) is 0 Å². The summed E-state index contributed by atoms with van der Waals surface area (Å²) < 4.78 is 18.6. The fraction of sp³-hybridized carbons (Fsp3) is 0.474. The van der Waals surface area contributed by atoms with Gasteiger partial charge in [-0.2, -0.15) is 0 Å². The summed E-state index contributed by atoms with van der Waals surface area (Å²) in [5.74, 6) is -0.358. The predicted octanol–water partition coefficient (Wildman–Crippen LogP) is 2.52. The Morgan fingerprint density at radius 1 is 1.22 bits per heavy atom. The first-order chi connectivity index (χ1) is 13.2. The Bertz CT molecular complexity index is 768. The Morgan fingerprint density at radius 3 is 2.67 bits per heavy atom. The zero-order valence-electron chi connectivity index (χ0n) is 15.1. The number of carbonyl (C=O) groups is 1. The highest BCUT2D eigenvalue weighted by Gasteiger charge is 2.22. The standard InChI is InChI=1S/C19H23FN4O2S/c20-14-3-5-15(6-4-14)23-7-9-24(10-8-23)19-22-17(13-27-19)18(25)21-12-16-2-1-11-26-16/h3-6,13,16H,1-2,7-12H2,(H,21,25)/t16-/m0/s1. The minimum Gasteiger partial charge on any atom is -0.376 e. The molecular formula is C19H23FN4O2S. The Morgan fingerprint density at radius 2 is 1.96 bits per heavy atom. The Hall–Kier alpha value is -2.19. The number of nitrogens with one attached hydrogen (secondary N) is 1. The Kier molecular flexibility index (Phi) is 5.54. The summed E-state index contributed by atoms with van der Waals surface area (Å²) in [4.78, 5) is 21.2. The van der Waals surface area contributed by atoms with Crippen LogP contribution in [-0.2, 0) is 4.74 Å². The molecule has 2 aliphatic heterocycles. The minimum atomic E-state index is -0.217. The normalized spacial score (nSPS) is 20.1. The molecule has 1 aromatic carbocycles. The lowest BCUT2D eigenvalue weighted by molar-refractivity contribution is 0.0854. The van der Waals surface area contributed by atoms with Crippen molar-refractivity contribution in [2.24, 2.45) is 0 Å². The summed E-state index contributed by atoms with van der Waals surface area (Å²) in [5.41, 5.74) is 1.50. The maximum absolute atomic E-state index is 13.1.